The smallest absolute Gasteiger partial charge is 0.306 e. The topological polar surface area (TPSA) is 266 Å². The van der Waals surface area contributed by atoms with Crippen LogP contribution >= 0.6 is 0 Å². The zero-order valence-electron chi connectivity index (χ0n) is 49.1. The molecular formula is C56H93NO20. The van der Waals surface area contributed by atoms with Gasteiger partial charge in [-0.25, -0.2) is 0 Å². The zero-order valence-corrected chi connectivity index (χ0v) is 49.1. The molecule has 3 heterocycles. The van der Waals surface area contributed by atoms with Gasteiger partial charge in [-0.15, -0.1) is 0 Å². The first-order valence-corrected chi connectivity index (χ1v) is 27.4. The number of Topliss-reactive ketones (excluding diaryl/α,β-unsaturated/α-hetero) is 2. The van der Waals surface area contributed by atoms with Gasteiger partial charge in [-0.2, -0.15) is 0 Å². The van der Waals surface area contributed by atoms with Crippen LogP contribution in [0.5, 0.6) is 0 Å². The predicted molar refractivity (Wildman–Crippen MR) is 278 cm³/mol. The lowest BCUT2D eigenvalue weighted by Crippen LogP contribution is -2.60. The predicted octanol–water partition coefficient (Wildman–Crippen LogP) is 5.51. The summed E-state index contributed by atoms with van der Waals surface area (Å²) in [5.74, 6) is -8.89. The van der Waals surface area contributed by atoms with Crippen molar-refractivity contribution in [3.05, 3.63) is 0 Å². The fourth-order valence-electron chi connectivity index (χ4n) is 12.1. The maximum absolute atomic E-state index is 15.5. The highest BCUT2D eigenvalue weighted by Gasteiger charge is 2.53. The fourth-order valence-corrected chi connectivity index (χ4v) is 12.1. The minimum Gasteiger partial charge on any atom is -0.461 e. The van der Waals surface area contributed by atoms with Gasteiger partial charge in [0.2, 0.25) is 6.29 Å². The summed E-state index contributed by atoms with van der Waals surface area (Å²) in [6.45, 7) is 26.2. The third kappa shape index (κ3) is 17.0. The SMILES string of the molecule is C/N=C1\C[C@@H](C)O[C@@H](O[C@@H]2[C@@H](C)[C@H](O[C@H]3C[C@@](C)(O)[C@@H](OC(C)=O)[C@H](C)O3)[C@@H](C)C(=O)C[C@H]([C@@H](C)CO[C@@H]3O[C@H](C)[C@@H](OC(C)=O)[C@@H](OC)[C@H]3OC)[C@H](C)[C@@H](OC(=O)CC(C)C)[C@@H](C)C(=O)[C@@](C)(O)C[C@@H]2C)[C@@H]1OC(C)=O. The summed E-state index contributed by atoms with van der Waals surface area (Å²) >= 11 is 0. The van der Waals surface area contributed by atoms with Gasteiger partial charge in [0.15, 0.2) is 36.7 Å². The number of carbonyl (C=O) groups is 6. The van der Waals surface area contributed by atoms with Crippen LogP contribution in [0.15, 0.2) is 4.99 Å². The van der Waals surface area contributed by atoms with Gasteiger partial charge in [-0.05, 0) is 70.6 Å². The molecule has 2 N–H and O–H groups in total. The van der Waals surface area contributed by atoms with Gasteiger partial charge in [0.25, 0.3) is 0 Å². The quantitative estimate of drug-likeness (QED) is 0.143. The summed E-state index contributed by atoms with van der Waals surface area (Å²) in [6, 6.07) is 0. The number of hydrogen-bond acceptors (Lipinski definition) is 21. The van der Waals surface area contributed by atoms with E-state index in [2.05, 4.69) is 4.99 Å². The Hall–Kier alpha value is -3.51. The third-order valence-corrected chi connectivity index (χ3v) is 16.0. The van der Waals surface area contributed by atoms with Crippen molar-refractivity contribution in [1.29, 1.82) is 0 Å². The third-order valence-electron chi connectivity index (χ3n) is 16.0. The molecule has 23 atom stereocenters. The lowest BCUT2D eigenvalue weighted by Gasteiger charge is -2.47. The highest BCUT2D eigenvalue weighted by atomic mass is 16.7. The van der Waals surface area contributed by atoms with Gasteiger partial charge in [0.1, 0.15) is 35.3 Å². The highest BCUT2D eigenvalue weighted by molar-refractivity contribution is 5.92. The summed E-state index contributed by atoms with van der Waals surface area (Å²) in [4.78, 5) is 85.7. The Bertz CT molecular complexity index is 2030. The van der Waals surface area contributed by atoms with E-state index in [1.807, 2.05) is 41.5 Å². The molecule has 0 aromatic rings. The van der Waals surface area contributed by atoms with Crippen molar-refractivity contribution in [2.75, 3.05) is 27.9 Å². The average Bonchev–Trinajstić information content (AvgIpc) is 3.32. The van der Waals surface area contributed by atoms with Gasteiger partial charge in [0, 0.05) is 79.6 Å². The van der Waals surface area contributed by atoms with Crippen LogP contribution in [0, 0.1) is 47.3 Å². The molecule has 0 aromatic heterocycles. The molecule has 4 fully saturated rings. The Kier molecular flexibility index (Phi) is 24.2. The second kappa shape index (κ2) is 28.3. The van der Waals surface area contributed by atoms with Crippen LogP contribution in [-0.2, 0) is 85.6 Å². The number of aliphatic imine (C=N–C) groups is 1. The summed E-state index contributed by atoms with van der Waals surface area (Å²) in [5.41, 5.74) is -3.21. The highest BCUT2D eigenvalue weighted by Crippen LogP contribution is 2.42. The van der Waals surface area contributed by atoms with Gasteiger partial charge in [-0.1, -0.05) is 55.4 Å². The molecule has 4 rings (SSSR count). The van der Waals surface area contributed by atoms with Gasteiger partial charge in [0.05, 0.1) is 48.8 Å². The average molecular weight is 1100 g/mol. The van der Waals surface area contributed by atoms with E-state index in [0.717, 1.165) is 0 Å². The number of nitrogens with zero attached hydrogens (tertiary/aromatic N) is 1. The van der Waals surface area contributed by atoms with E-state index < -0.39 is 168 Å². The number of ketones is 2. The molecule has 1 saturated carbocycles. The molecule has 21 nitrogen and oxygen atoms in total. The summed E-state index contributed by atoms with van der Waals surface area (Å²) in [5, 5.41) is 24.4. The number of ether oxygens (including phenoxy) is 12. The zero-order chi connectivity index (χ0) is 58.2. The standard InChI is InChI=1S/C56H93NO20/c1-26(2)20-42(62)75-45-30(6)39(28(4)25-68-53-50(67-19)49(66-18)47(34(10)71-53)72-36(12)58)22-41(61)31(7)46(76-43-24-56(16,65)52(35(11)70-43)74-38(14)60)32(8)44(27(3)23-55(15,64)51(63)33(45)9)77-54-48(73-37(13)59)40(57-17)21-29(5)69-54/h26-35,39,43-50,52-54,64-65H,20-25H2,1-19H3/b57-40+/t27-,28-,29+,30-,31-,32+,33+,34+,35-,39+,43-,44-,45+,46+,47+,48+,49+,50+,52-,53+,54-,55-,56+/m0/s1. The van der Waals surface area contributed by atoms with Crippen molar-refractivity contribution in [2.45, 2.75) is 240 Å². The molecule has 21 heteroatoms. The Morgan fingerprint density at radius 3 is 1.83 bits per heavy atom. The fraction of sp³-hybridized carbons (Fsp3) is 0.875. The van der Waals surface area contributed by atoms with E-state index in [0.29, 0.717) is 12.1 Å². The van der Waals surface area contributed by atoms with E-state index in [-0.39, 0.29) is 44.0 Å². The van der Waals surface area contributed by atoms with Crippen LogP contribution in [0.3, 0.4) is 0 Å². The van der Waals surface area contributed by atoms with Gasteiger partial charge >= 0.3 is 23.9 Å². The molecule has 0 radical (unpaired) electrons. The lowest BCUT2D eigenvalue weighted by molar-refractivity contribution is -0.306. The molecule has 0 unspecified atom stereocenters. The maximum Gasteiger partial charge on any atom is 0.306 e. The van der Waals surface area contributed by atoms with E-state index in [9.17, 15) is 29.4 Å². The van der Waals surface area contributed by atoms with Crippen LogP contribution in [-0.4, -0.2) is 176 Å². The summed E-state index contributed by atoms with van der Waals surface area (Å²) in [7, 11) is 4.50. The Morgan fingerprint density at radius 2 is 1.29 bits per heavy atom. The molecule has 77 heavy (non-hydrogen) atoms. The number of esters is 4. The van der Waals surface area contributed by atoms with Crippen LogP contribution in [0.4, 0.5) is 0 Å². The Morgan fingerprint density at radius 1 is 0.675 bits per heavy atom. The van der Waals surface area contributed by atoms with E-state index in [4.69, 9.17) is 56.8 Å². The molecule has 0 spiro atoms. The monoisotopic (exact) mass is 1100 g/mol. The van der Waals surface area contributed by atoms with Crippen molar-refractivity contribution in [3.8, 4) is 0 Å². The van der Waals surface area contributed by atoms with Crippen molar-refractivity contribution >= 4 is 41.2 Å². The van der Waals surface area contributed by atoms with Crippen LogP contribution in [0.1, 0.15) is 143 Å². The molecule has 3 aliphatic heterocycles. The van der Waals surface area contributed by atoms with E-state index >= 15 is 9.59 Å². The first kappa shape index (κ1) is 66.0. The van der Waals surface area contributed by atoms with Crippen molar-refractivity contribution in [1.82, 2.24) is 0 Å². The minimum atomic E-state index is -2.07. The minimum absolute atomic E-state index is 0.0361. The van der Waals surface area contributed by atoms with Crippen LogP contribution < -0.4 is 0 Å². The molecule has 0 aromatic carbocycles. The number of hydrogen-bond donors (Lipinski definition) is 2. The Balaban J connectivity index is 1.91. The normalized spacial score (nSPS) is 41.8. The summed E-state index contributed by atoms with van der Waals surface area (Å²) < 4.78 is 74.3. The number of carbonyl (C=O) groups excluding carboxylic acids is 6. The van der Waals surface area contributed by atoms with Gasteiger partial charge in [-0.3, -0.25) is 33.8 Å². The van der Waals surface area contributed by atoms with Gasteiger partial charge < -0.3 is 67.1 Å². The van der Waals surface area contributed by atoms with Crippen molar-refractivity contribution in [3.63, 3.8) is 0 Å². The summed E-state index contributed by atoms with van der Waals surface area (Å²) in [6.07, 6.45) is -13.5. The molecule has 3 saturated heterocycles. The van der Waals surface area contributed by atoms with E-state index in [1.54, 1.807) is 41.7 Å². The number of rotatable bonds is 16. The second-order valence-corrected chi connectivity index (χ2v) is 23.3. The number of methoxy groups -OCH3 is 2. The maximum atomic E-state index is 15.5. The van der Waals surface area contributed by atoms with Crippen molar-refractivity contribution < 1.29 is 95.8 Å². The molecule has 1 aliphatic carbocycles. The Labute approximate surface area is 456 Å². The first-order chi connectivity index (χ1) is 35.8. The van der Waals surface area contributed by atoms with E-state index in [1.165, 1.54) is 48.8 Å². The van der Waals surface area contributed by atoms with Crippen LogP contribution in [0.2, 0.25) is 0 Å². The van der Waals surface area contributed by atoms with Crippen LogP contribution in [0.25, 0.3) is 0 Å². The molecule has 4 aliphatic rings. The largest absolute Gasteiger partial charge is 0.461 e. The number of aliphatic hydroxyl groups is 2. The second-order valence-electron chi connectivity index (χ2n) is 23.3. The molecule has 0 bridgehead atoms. The lowest BCUT2D eigenvalue weighted by atomic mass is 9.69. The first-order valence-electron chi connectivity index (χ1n) is 27.4. The molecular weight excluding hydrogens is 1010 g/mol. The molecule has 0 amide bonds. The van der Waals surface area contributed by atoms with Crippen molar-refractivity contribution in [2.24, 2.45) is 52.3 Å². The molecule has 442 valence electrons.